The van der Waals surface area contributed by atoms with Crippen molar-refractivity contribution < 1.29 is 27.1 Å². The molecule has 0 amide bonds. The first kappa shape index (κ1) is 19.5. The normalized spacial score (nSPS) is 11.7. The average molecular weight is 417 g/mol. The molecule has 0 aliphatic rings. The molecule has 0 N–H and O–H groups in total. The molecule has 0 radical (unpaired) electrons. The van der Waals surface area contributed by atoms with E-state index in [2.05, 4.69) is 14.7 Å². The van der Waals surface area contributed by atoms with Gasteiger partial charge in [0.1, 0.15) is 10.5 Å². The Morgan fingerprint density at radius 2 is 2.11 bits per heavy atom. The van der Waals surface area contributed by atoms with Crippen LogP contribution in [-0.2, 0) is 27.9 Å². The average Bonchev–Trinajstić information content (AvgIpc) is 3.01. The predicted molar refractivity (Wildman–Crippen MR) is 93.5 cm³/mol. The van der Waals surface area contributed by atoms with Gasteiger partial charge >= 0.3 is 12.1 Å². The largest absolute Gasteiger partial charge is 0.469 e. The third-order valence-corrected chi connectivity index (χ3v) is 4.93. The van der Waals surface area contributed by atoms with Gasteiger partial charge in [0.25, 0.3) is 0 Å². The molecule has 0 atom stereocenters. The highest BCUT2D eigenvalue weighted by molar-refractivity contribution is 7.98. The van der Waals surface area contributed by atoms with Crippen molar-refractivity contribution in [3.8, 4) is 0 Å². The number of oxazole rings is 1. The molecule has 2 heterocycles. The van der Waals surface area contributed by atoms with E-state index in [1.54, 1.807) is 18.2 Å². The van der Waals surface area contributed by atoms with Gasteiger partial charge in [0.2, 0.25) is 5.89 Å². The molecule has 142 valence electrons. The monoisotopic (exact) mass is 416 g/mol. The summed E-state index contributed by atoms with van der Waals surface area (Å²) in [4.78, 5) is 19.4. The molecule has 3 rings (SSSR count). The second kappa shape index (κ2) is 7.77. The van der Waals surface area contributed by atoms with Crippen molar-refractivity contribution in [3.05, 3.63) is 52.5 Å². The fourth-order valence-electron chi connectivity index (χ4n) is 2.24. The van der Waals surface area contributed by atoms with Crippen LogP contribution in [0.5, 0.6) is 0 Å². The summed E-state index contributed by atoms with van der Waals surface area (Å²) in [5, 5.41) is 0.157. The van der Waals surface area contributed by atoms with Gasteiger partial charge in [0, 0.05) is 6.20 Å². The number of carbonyl (C=O) groups excluding carboxylic acids is 1. The highest BCUT2D eigenvalue weighted by Gasteiger charge is 2.31. The van der Waals surface area contributed by atoms with Gasteiger partial charge in [-0.2, -0.15) is 13.2 Å². The highest BCUT2D eigenvalue weighted by atomic mass is 35.5. The number of hydrogen-bond donors (Lipinski definition) is 0. The number of halogens is 4. The maximum Gasteiger partial charge on any atom is 0.417 e. The Kier molecular flexibility index (Phi) is 5.61. The zero-order valence-corrected chi connectivity index (χ0v) is 15.4. The molecule has 27 heavy (non-hydrogen) atoms. The van der Waals surface area contributed by atoms with Crippen molar-refractivity contribution in [2.75, 3.05) is 7.11 Å². The minimum absolute atomic E-state index is 0.0914. The number of ether oxygens (including phenoxy) is 1. The lowest BCUT2D eigenvalue weighted by Crippen LogP contribution is -2.05. The quantitative estimate of drug-likeness (QED) is 0.435. The van der Waals surface area contributed by atoms with E-state index in [1.807, 2.05) is 0 Å². The van der Waals surface area contributed by atoms with E-state index in [1.165, 1.54) is 7.11 Å². The van der Waals surface area contributed by atoms with E-state index in [4.69, 9.17) is 16.0 Å². The first-order valence-electron chi connectivity index (χ1n) is 7.57. The summed E-state index contributed by atoms with van der Waals surface area (Å²) in [7, 11) is 1.31. The lowest BCUT2D eigenvalue weighted by molar-refractivity contribution is -0.140. The third kappa shape index (κ3) is 4.72. The van der Waals surface area contributed by atoms with E-state index < -0.39 is 11.7 Å². The van der Waals surface area contributed by atoms with Crippen LogP contribution in [0.2, 0.25) is 5.02 Å². The van der Waals surface area contributed by atoms with Crippen molar-refractivity contribution in [1.82, 2.24) is 9.97 Å². The number of fused-ring (bicyclic) bond motifs is 1. The minimum Gasteiger partial charge on any atom is -0.469 e. The summed E-state index contributed by atoms with van der Waals surface area (Å²) in [6.07, 6.45) is -3.65. The zero-order valence-electron chi connectivity index (χ0n) is 13.8. The van der Waals surface area contributed by atoms with Crippen molar-refractivity contribution in [3.63, 3.8) is 0 Å². The molecule has 0 unspecified atom stereocenters. The Morgan fingerprint density at radius 3 is 2.78 bits per heavy atom. The molecule has 10 heteroatoms. The molecule has 5 nitrogen and oxygen atoms in total. The van der Waals surface area contributed by atoms with E-state index in [9.17, 15) is 18.0 Å². The van der Waals surface area contributed by atoms with Gasteiger partial charge in [-0.1, -0.05) is 29.4 Å². The summed E-state index contributed by atoms with van der Waals surface area (Å²) < 4.78 is 48.2. The lowest BCUT2D eigenvalue weighted by atomic mass is 10.1. The fourth-order valence-corrected chi connectivity index (χ4v) is 3.28. The Balaban J connectivity index is 1.73. The van der Waals surface area contributed by atoms with Crippen molar-refractivity contribution in [1.29, 1.82) is 0 Å². The summed E-state index contributed by atoms with van der Waals surface area (Å²) >= 11 is 7.00. The molecule has 0 aliphatic carbocycles. The topological polar surface area (TPSA) is 65.2 Å². The summed E-state index contributed by atoms with van der Waals surface area (Å²) in [6.45, 7) is 0. The molecule has 3 aromatic rings. The molecule has 0 bridgehead atoms. The van der Waals surface area contributed by atoms with Gasteiger partial charge < -0.3 is 9.15 Å². The molecular formula is C17H12ClF3N2O3S. The van der Waals surface area contributed by atoms with Gasteiger partial charge in [0.05, 0.1) is 29.9 Å². The van der Waals surface area contributed by atoms with Crippen molar-refractivity contribution in [2.45, 2.75) is 23.4 Å². The number of rotatable bonds is 5. The Bertz CT molecular complexity index is 991. The van der Waals surface area contributed by atoms with Crippen molar-refractivity contribution in [2.24, 2.45) is 0 Å². The molecular weight excluding hydrogens is 405 g/mol. The number of benzene rings is 1. The summed E-state index contributed by atoms with van der Waals surface area (Å²) in [5.41, 5.74) is 0.915. The first-order valence-corrected chi connectivity index (χ1v) is 8.93. The van der Waals surface area contributed by atoms with E-state index in [0.29, 0.717) is 17.0 Å². The van der Waals surface area contributed by atoms with E-state index >= 15 is 0 Å². The molecule has 0 fully saturated rings. The van der Waals surface area contributed by atoms with Gasteiger partial charge in [-0.25, -0.2) is 9.97 Å². The van der Waals surface area contributed by atoms with Gasteiger partial charge in [-0.3, -0.25) is 4.79 Å². The van der Waals surface area contributed by atoms with Crippen LogP contribution in [0.25, 0.3) is 11.1 Å². The number of aromatic nitrogens is 2. The fraction of sp³-hybridized carbons (Fsp3) is 0.235. The molecule has 1 aromatic carbocycles. The lowest BCUT2D eigenvalue weighted by Gasteiger charge is -2.08. The van der Waals surface area contributed by atoms with E-state index in [-0.39, 0.29) is 28.2 Å². The van der Waals surface area contributed by atoms with Crippen LogP contribution < -0.4 is 0 Å². The number of pyridine rings is 1. The van der Waals surface area contributed by atoms with Crippen LogP contribution in [0.3, 0.4) is 0 Å². The van der Waals surface area contributed by atoms with Crippen molar-refractivity contribution >= 4 is 40.4 Å². The second-order valence-electron chi connectivity index (χ2n) is 5.46. The molecule has 0 spiro atoms. The van der Waals surface area contributed by atoms with Gasteiger partial charge in [-0.05, 0) is 23.8 Å². The zero-order chi connectivity index (χ0) is 19.6. The summed E-state index contributed by atoms with van der Waals surface area (Å²) in [6, 6.07) is 5.99. The van der Waals surface area contributed by atoms with Crippen LogP contribution in [0.4, 0.5) is 13.2 Å². The number of alkyl halides is 3. The summed E-state index contributed by atoms with van der Waals surface area (Å²) in [5.74, 6) is 0.231. The SMILES string of the molecule is COC(=O)Cc1ccc2nc(CSc3ncc(C(F)(F)F)cc3Cl)oc2c1. The highest BCUT2D eigenvalue weighted by Crippen LogP contribution is 2.34. The number of esters is 1. The molecule has 0 aliphatic heterocycles. The van der Waals surface area contributed by atoms with Gasteiger partial charge in [0.15, 0.2) is 5.58 Å². The van der Waals surface area contributed by atoms with Crippen LogP contribution in [-0.4, -0.2) is 23.0 Å². The van der Waals surface area contributed by atoms with Crippen LogP contribution in [0.15, 0.2) is 39.9 Å². The molecule has 0 saturated carbocycles. The second-order valence-corrected chi connectivity index (χ2v) is 6.83. The Morgan fingerprint density at radius 1 is 1.33 bits per heavy atom. The number of nitrogens with zero attached hydrogens (tertiary/aromatic N) is 2. The standard InChI is InChI=1S/C17H12ClF3N2O3S/c1-25-15(24)5-9-2-3-12-13(4-9)26-14(23-12)8-27-16-11(18)6-10(7-22-16)17(19,20)21/h2-4,6-7H,5,8H2,1H3. The third-order valence-electron chi connectivity index (χ3n) is 3.54. The molecule has 2 aromatic heterocycles. The first-order chi connectivity index (χ1) is 12.8. The number of methoxy groups -OCH3 is 1. The van der Waals surface area contributed by atoms with Gasteiger partial charge in [-0.15, -0.1) is 0 Å². The van der Waals surface area contributed by atoms with Crippen LogP contribution in [0, 0.1) is 0 Å². The smallest absolute Gasteiger partial charge is 0.417 e. The number of hydrogen-bond acceptors (Lipinski definition) is 6. The maximum atomic E-state index is 12.6. The van der Waals surface area contributed by atoms with E-state index in [0.717, 1.165) is 29.6 Å². The maximum absolute atomic E-state index is 12.6. The Labute approximate surface area is 160 Å². The Hall–Kier alpha value is -2.26. The minimum atomic E-state index is -4.50. The van der Waals surface area contributed by atoms with Crippen LogP contribution in [0.1, 0.15) is 17.0 Å². The molecule has 0 saturated heterocycles. The number of thioether (sulfide) groups is 1. The number of carbonyl (C=O) groups is 1. The van der Waals surface area contributed by atoms with Crippen LogP contribution >= 0.6 is 23.4 Å². The predicted octanol–water partition coefficient (Wildman–Crippen LogP) is 4.90.